The van der Waals surface area contributed by atoms with Gasteiger partial charge in [0.1, 0.15) is 18.9 Å². The third-order valence-electron chi connectivity index (χ3n) is 2.29. The SMILES string of the molecule is OC(CNc1c(Br)cc(Br)cc1Br)COc1cnsn1. The van der Waals surface area contributed by atoms with Crippen molar-refractivity contribution in [1.82, 2.24) is 8.75 Å². The van der Waals surface area contributed by atoms with Crippen molar-refractivity contribution in [2.45, 2.75) is 6.10 Å². The standard InChI is InChI=1S/C11H10Br3N3O2S/c12-6-1-8(13)11(9(14)2-6)15-3-7(18)5-19-10-4-16-20-17-10/h1-2,4,7,15,18H,3,5H2. The molecule has 20 heavy (non-hydrogen) atoms. The molecule has 0 spiro atoms. The van der Waals surface area contributed by atoms with Gasteiger partial charge in [-0.2, -0.15) is 4.37 Å². The van der Waals surface area contributed by atoms with Gasteiger partial charge in [-0.05, 0) is 44.0 Å². The first-order chi connectivity index (χ1) is 9.56. The van der Waals surface area contributed by atoms with Crippen molar-refractivity contribution in [3.63, 3.8) is 0 Å². The van der Waals surface area contributed by atoms with Gasteiger partial charge in [-0.25, -0.2) is 0 Å². The van der Waals surface area contributed by atoms with Crippen LogP contribution in [-0.2, 0) is 0 Å². The average molecular weight is 488 g/mol. The van der Waals surface area contributed by atoms with Crippen LogP contribution < -0.4 is 10.1 Å². The summed E-state index contributed by atoms with van der Waals surface area (Å²) in [6, 6.07) is 3.86. The quantitative estimate of drug-likeness (QED) is 0.650. The molecule has 2 rings (SSSR count). The molecule has 0 aliphatic heterocycles. The summed E-state index contributed by atoms with van der Waals surface area (Å²) in [5, 5.41) is 13.0. The summed E-state index contributed by atoms with van der Waals surface area (Å²) in [5.41, 5.74) is 0.877. The third-order valence-corrected chi connectivity index (χ3v) is 4.46. The molecule has 1 aromatic heterocycles. The van der Waals surface area contributed by atoms with Crippen LogP contribution in [0.2, 0.25) is 0 Å². The van der Waals surface area contributed by atoms with Crippen LogP contribution in [0, 0.1) is 0 Å². The van der Waals surface area contributed by atoms with Gasteiger partial charge < -0.3 is 15.2 Å². The lowest BCUT2D eigenvalue weighted by Crippen LogP contribution is -2.26. The second-order valence-electron chi connectivity index (χ2n) is 3.84. The second kappa shape index (κ2) is 7.69. The molecule has 0 saturated heterocycles. The first-order valence-electron chi connectivity index (χ1n) is 5.53. The van der Waals surface area contributed by atoms with Crippen LogP contribution in [0.15, 0.2) is 31.7 Å². The number of benzene rings is 1. The van der Waals surface area contributed by atoms with E-state index in [4.69, 9.17) is 4.74 Å². The zero-order valence-electron chi connectivity index (χ0n) is 10.0. The molecule has 5 nitrogen and oxygen atoms in total. The fourth-order valence-corrected chi connectivity index (χ4v) is 4.29. The summed E-state index contributed by atoms with van der Waals surface area (Å²) in [7, 11) is 0. The molecule has 2 N–H and O–H groups in total. The smallest absolute Gasteiger partial charge is 0.245 e. The van der Waals surface area contributed by atoms with E-state index in [-0.39, 0.29) is 6.61 Å². The summed E-state index contributed by atoms with van der Waals surface area (Å²) in [5.74, 6) is 0.431. The third kappa shape index (κ3) is 4.66. The largest absolute Gasteiger partial charge is 0.473 e. The second-order valence-corrected chi connectivity index (χ2v) is 7.02. The van der Waals surface area contributed by atoms with E-state index in [1.54, 1.807) is 0 Å². The Bertz CT molecular complexity index is 545. The van der Waals surface area contributed by atoms with Crippen LogP contribution in [-0.4, -0.2) is 33.1 Å². The monoisotopic (exact) mass is 485 g/mol. The Labute approximate surface area is 145 Å². The van der Waals surface area contributed by atoms with E-state index in [1.165, 1.54) is 6.20 Å². The Hall–Kier alpha value is -0.220. The number of halogens is 3. The molecule has 0 fully saturated rings. The zero-order chi connectivity index (χ0) is 14.5. The van der Waals surface area contributed by atoms with Crippen molar-refractivity contribution in [3.8, 4) is 5.88 Å². The van der Waals surface area contributed by atoms with E-state index in [2.05, 4.69) is 61.9 Å². The fraction of sp³-hybridized carbons (Fsp3) is 0.273. The van der Waals surface area contributed by atoms with E-state index in [0.717, 1.165) is 30.8 Å². The lowest BCUT2D eigenvalue weighted by Gasteiger charge is -2.15. The van der Waals surface area contributed by atoms with Gasteiger partial charge in [-0.15, -0.1) is 4.37 Å². The molecule has 1 heterocycles. The fourth-order valence-electron chi connectivity index (χ4n) is 1.39. The molecule has 0 aliphatic carbocycles. The Morgan fingerprint density at radius 2 is 2.00 bits per heavy atom. The van der Waals surface area contributed by atoms with E-state index in [0.29, 0.717) is 12.4 Å². The molecule has 0 amide bonds. The molecule has 1 unspecified atom stereocenters. The number of hydrogen-bond donors (Lipinski definition) is 2. The molecule has 9 heteroatoms. The maximum Gasteiger partial charge on any atom is 0.245 e. The van der Waals surface area contributed by atoms with Gasteiger partial charge in [0.25, 0.3) is 0 Å². The van der Waals surface area contributed by atoms with Crippen LogP contribution >= 0.6 is 59.5 Å². The maximum atomic E-state index is 9.87. The highest BCUT2D eigenvalue weighted by Crippen LogP contribution is 2.34. The van der Waals surface area contributed by atoms with E-state index in [9.17, 15) is 5.11 Å². The number of hydrogen-bond acceptors (Lipinski definition) is 6. The molecule has 1 atom stereocenters. The van der Waals surface area contributed by atoms with Gasteiger partial charge in [-0.3, -0.25) is 0 Å². The predicted molar refractivity (Wildman–Crippen MR) is 89.4 cm³/mol. The van der Waals surface area contributed by atoms with E-state index >= 15 is 0 Å². The molecule has 0 bridgehead atoms. The van der Waals surface area contributed by atoms with Crippen molar-refractivity contribution in [2.24, 2.45) is 0 Å². The Balaban J connectivity index is 1.85. The van der Waals surface area contributed by atoms with Gasteiger partial charge in [0.15, 0.2) is 0 Å². The summed E-state index contributed by atoms with van der Waals surface area (Å²) in [6.45, 7) is 0.514. The number of ether oxygens (including phenoxy) is 1. The number of anilines is 1. The van der Waals surface area contributed by atoms with Crippen LogP contribution in [0.5, 0.6) is 5.88 Å². The van der Waals surface area contributed by atoms with Crippen molar-refractivity contribution >= 4 is 65.2 Å². The lowest BCUT2D eigenvalue weighted by atomic mass is 10.3. The first kappa shape index (κ1) is 16.2. The number of aromatic nitrogens is 2. The minimum absolute atomic E-state index is 0.157. The van der Waals surface area contributed by atoms with Gasteiger partial charge >= 0.3 is 0 Å². The van der Waals surface area contributed by atoms with Crippen LogP contribution in [0.4, 0.5) is 5.69 Å². The van der Waals surface area contributed by atoms with E-state index in [1.807, 2.05) is 12.1 Å². The molecule has 0 radical (unpaired) electrons. The number of nitrogens with zero attached hydrogens (tertiary/aromatic N) is 2. The topological polar surface area (TPSA) is 67.3 Å². The maximum absolute atomic E-state index is 9.87. The number of rotatable bonds is 6. The normalized spacial score (nSPS) is 12.2. The Morgan fingerprint density at radius 1 is 1.30 bits per heavy atom. The van der Waals surface area contributed by atoms with Crippen LogP contribution in [0.3, 0.4) is 0 Å². The first-order valence-corrected chi connectivity index (χ1v) is 8.64. The summed E-state index contributed by atoms with van der Waals surface area (Å²) < 4.78 is 15.8. The van der Waals surface area contributed by atoms with Crippen molar-refractivity contribution in [1.29, 1.82) is 0 Å². The van der Waals surface area contributed by atoms with Gasteiger partial charge in [-0.1, -0.05) is 15.9 Å². The minimum atomic E-state index is -0.654. The van der Waals surface area contributed by atoms with Crippen LogP contribution in [0.1, 0.15) is 0 Å². The summed E-state index contributed by atoms with van der Waals surface area (Å²) in [4.78, 5) is 0. The van der Waals surface area contributed by atoms with Gasteiger partial charge in [0, 0.05) is 20.0 Å². The van der Waals surface area contributed by atoms with Crippen molar-refractivity contribution in [2.75, 3.05) is 18.5 Å². The predicted octanol–water partition coefficient (Wildman–Crippen LogP) is 3.68. The highest BCUT2D eigenvalue weighted by atomic mass is 79.9. The Kier molecular flexibility index (Phi) is 6.21. The van der Waals surface area contributed by atoms with E-state index < -0.39 is 6.10 Å². The molecular formula is C11H10Br3N3O2S. The molecule has 0 aliphatic rings. The molecule has 2 aromatic rings. The van der Waals surface area contributed by atoms with Gasteiger partial charge in [0.05, 0.1) is 17.4 Å². The van der Waals surface area contributed by atoms with Crippen molar-refractivity contribution in [3.05, 3.63) is 31.7 Å². The Morgan fingerprint density at radius 3 is 2.60 bits per heavy atom. The highest BCUT2D eigenvalue weighted by molar-refractivity contribution is 9.11. The molecular weight excluding hydrogens is 478 g/mol. The molecule has 108 valence electrons. The summed E-state index contributed by atoms with van der Waals surface area (Å²) in [6.07, 6.45) is 0.867. The highest BCUT2D eigenvalue weighted by Gasteiger charge is 2.10. The number of nitrogens with one attached hydrogen (secondary N) is 1. The summed E-state index contributed by atoms with van der Waals surface area (Å²) >= 11 is 11.4. The molecule has 1 aromatic carbocycles. The van der Waals surface area contributed by atoms with Crippen LogP contribution in [0.25, 0.3) is 0 Å². The molecule has 0 saturated carbocycles. The van der Waals surface area contributed by atoms with Crippen molar-refractivity contribution < 1.29 is 9.84 Å². The number of aliphatic hydroxyl groups excluding tert-OH is 1. The zero-order valence-corrected chi connectivity index (χ0v) is 15.6. The number of aliphatic hydroxyl groups is 1. The van der Waals surface area contributed by atoms with Gasteiger partial charge in [0.2, 0.25) is 5.88 Å². The average Bonchev–Trinajstić information content (AvgIpc) is 2.88. The minimum Gasteiger partial charge on any atom is -0.473 e. The lowest BCUT2D eigenvalue weighted by molar-refractivity contribution is 0.115.